The monoisotopic (exact) mass is 450 g/mol. The average molecular weight is 451 g/mol. The van der Waals surface area contributed by atoms with Crippen LogP contribution in [0.2, 0.25) is 0 Å². The standard InChI is InChI=1S/2C10H19N5O/c2*1-5-7(3)12-9-13-8(11-6-2)14-10(15-9)16-4/h2*7H,5-6H2,1-4H3,(H2,11,12,13,14,15). The summed E-state index contributed by atoms with van der Waals surface area (Å²) >= 11 is 0. The van der Waals surface area contributed by atoms with E-state index in [4.69, 9.17) is 9.47 Å². The van der Waals surface area contributed by atoms with E-state index in [2.05, 4.69) is 78.9 Å². The van der Waals surface area contributed by atoms with Gasteiger partial charge in [-0.05, 0) is 40.5 Å². The Balaban J connectivity index is 0.000000320. The molecule has 0 radical (unpaired) electrons. The van der Waals surface area contributed by atoms with E-state index < -0.39 is 0 Å². The molecule has 0 aliphatic rings. The van der Waals surface area contributed by atoms with E-state index in [1.165, 1.54) is 14.2 Å². The third kappa shape index (κ3) is 9.75. The number of nitrogens with one attached hydrogen (secondary N) is 4. The first-order valence-corrected chi connectivity index (χ1v) is 11.0. The number of methoxy groups -OCH3 is 2. The molecule has 12 nitrogen and oxygen atoms in total. The van der Waals surface area contributed by atoms with Gasteiger partial charge in [-0.15, -0.1) is 0 Å². The molecule has 180 valence electrons. The normalized spacial score (nSPS) is 12.0. The van der Waals surface area contributed by atoms with Gasteiger partial charge in [0.25, 0.3) is 0 Å². The number of aromatic nitrogens is 6. The lowest BCUT2D eigenvalue weighted by atomic mass is 10.3. The minimum absolute atomic E-state index is 0.316. The van der Waals surface area contributed by atoms with Crippen molar-refractivity contribution in [2.75, 3.05) is 48.6 Å². The smallest absolute Gasteiger partial charge is 0.322 e. The lowest BCUT2D eigenvalue weighted by molar-refractivity contribution is 0.379. The Morgan fingerprint density at radius 1 is 0.594 bits per heavy atom. The highest BCUT2D eigenvalue weighted by atomic mass is 16.5. The summed E-state index contributed by atoms with van der Waals surface area (Å²) in [5.41, 5.74) is 0. The van der Waals surface area contributed by atoms with Crippen molar-refractivity contribution < 1.29 is 9.47 Å². The zero-order valence-corrected chi connectivity index (χ0v) is 20.5. The van der Waals surface area contributed by atoms with Crippen LogP contribution < -0.4 is 30.7 Å². The zero-order valence-electron chi connectivity index (χ0n) is 20.5. The Morgan fingerprint density at radius 2 is 0.938 bits per heavy atom. The Bertz CT molecular complexity index is 727. The van der Waals surface area contributed by atoms with Crippen molar-refractivity contribution in [3.63, 3.8) is 0 Å². The number of hydrogen-bond donors (Lipinski definition) is 4. The topological polar surface area (TPSA) is 144 Å². The predicted octanol–water partition coefficient (Wildman–Crippen LogP) is 3.04. The van der Waals surface area contributed by atoms with Gasteiger partial charge < -0.3 is 30.7 Å². The minimum atomic E-state index is 0.316. The number of rotatable bonds is 12. The maximum absolute atomic E-state index is 5.01. The lowest BCUT2D eigenvalue weighted by Gasteiger charge is -2.12. The van der Waals surface area contributed by atoms with Crippen LogP contribution in [0.4, 0.5) is 23.8 Å². The molecular weight excluding hydrogens is 412 g/mol. The van der Waals surface area contributed by atoms with Gasteiger partial charge in [-0.3, -0.25) is 0 Å². The molecule has 12 heteroatoms. The fourth-order valence-corrected chi connectivity index (χ4v) is 2.14. The van der Waals surface area contributed by atoms with Gasteiger partial charge in [0, 0.05) is 25.2 Å². The fraction of sp³-hybridized carbons (Fsp3) is 0.700. The molecule has 0 saturated carbocycles. The van der Waals surface area contributed by atoms with Gasteiger partial charge in [0.15, 0.2) is 0 Å². The first kappa shape index (κ1) is 26.9. The van der Waals surface area contributed by atoms with E-state index in [1.54, 1.807) is 0 Å². The molecule has 4 N–H and O–H groups in total. The van der Waals surface area contributed by atoms with Crippen LogP contribution in [0.3, 0.4) is 0 Å². The van der Waals surface area contributed by atoms with Crippen LogP contribution in [0.25, 0.3) is 0 Å². The summed E-state index contributed by atoms with van der Waals surface area (Å²) in [6, 6.07) is 1.27. The first-order chi connectivity index (χ1) is 15.4. The van der Waals surface area contributed by atoms with E-state index in [1.807, 2.05) is 13.8 Å². The summed E-state index contributed by atoms with van der Waals surface area (Å²) in [6.45, 7) is 13.8. The Hall–Kier alpha value is -3.18. The van der Waals surface area contributed by atoms with Crippen molar-refractivity contribution >= 4 is 23.8 Å². The number of nitrogens with zero attached hydrogens (tertiary/aromatic N) is 6. The molecule has 2 aromatic heterocycles. The van der Waals surface area contributed by atoms with Crippen molar-refractivity contribution in [2.45, 2.75) is 66.5 Å². The van der Waals surface area contributed by atoms with Gasteiger partial charge in [-0.1, -0.05) is 13.8 Å². The van der Waals surface area contributed by atoms with Crippen molar-refractivity contribution in [3.05, 3.63) is 0 Å². The molecule has 0 saturated heterocycles. The van der Waals surface area contributed by atoms with Crippen LogP contribution in [0, 0.1) is 0 Å². The third-order valence-corrected chi connectivity index (χ3v) is 4.24. The summed E-state index contributed by atoms with van der Waals surface area (Å²) in [6.07, 6.45) is 2.01. The first-order valence-electron chi connectivity index (χ1n) is 11.0. The SMILES string of the molecule is CCNc1nc(NC(C)CC)nc(OC)n1.CCNc1nc(NC(C)CC)nc(OC)n1. The molecule has 2 aromatic rings. The van der Waals surface area contributed by atoms with E-state index in [9.17, 15) is 0 Å². The highest BCUT2D eigenvalue weighted by Crippen LogP contribution is 2.13. The van der Waals surface area contributed by atoms with Crippen LogP contribution >= 0.6 is 0 Å². The lowest BCUT2D eigenvalue weighted by Crippen LogP contribution is -2.17. The molecule has 32 heavy (non-hydrogen) atoms. The number of hydrogen-bond acceptors (Lipinski definition) is 12. The maximum atomic E-state index is 5.01. The van der Waals surface area contributed by atoms with Gasteiger partial charge >= 0.3 is 12.0 Å². The Labute approximate surface area is 190 Å². The van der Waals surface area contributed by atoms with Crippen LogP contribution in [-0.2, 0) is 0 Å². The molecule has 2 unspecified atom stereocenters. The van der Waals surface area contributed by atoms with Crippen molar-refractivity contribution in [3.8, 4) is 12.0 Å². The summed E-state index contributed by atoms with van der Waals surface area (Å²) in [4.78, 5) is 24.9. The third-order valence-electron chi connectivity index (χ3n) is 4.24. The molecule has 0 aromatic carbocycles. The van der Waals surface area contributed by atoms with Crippen molar-refractivity contribution in [1.29, 1.82) is 0 Å². The molecular formula is C20H38N10O2. The average Bonchev–Trinajstić information content (AvgIpc) is 2.79. The van der Waals surface area contributed by atoms with E-state index in [0.29, 0.717) is 47.9 Å². The molecule has 0 spiro atoms. The fourth-order valence-electron chi connectivity index (χ4n) is 2.14. The Morgan fingerprint density at radius 3 is 1.22 bits per heavy atom. The molecule has 2 heterocycles. The summed E-state index contributed by atoms with van der Waals surface area (Å²) < 4.78 is 10.0. The van der Waals surface area contributed by atoms with Crippen LogP contribution in [0.15, 0.2) is 0 Å². The van der Waals surface area contributed by atoms with Gasteiger partial charge in [-0.2, -0.15) is 29.9 Å². The molecule has 2 rings (SSSR count). The number of ether oxygens (including phenoxy) is 2. The van der Waals surface area contributed by atoms with Crippen molar-refractivity contribution in [1.82, 2.24) is 29.9 Å². The van der Waals surface area contributed by atoms with Gasteiger partial charge in [0.05, 0.1) is 14.2 Å². The van der Waals surface area contributed by atoms with E-state index >= 15 is 0 Å². The molecule has 0 fully saturated rings. The molecule has 0 bridgehead atoms. The highest BCUT2D eigenvalue weighted by molar-refractivity contribution is 5.37. The van der Waals surface area contributed by atoms with Crippen molar-refractivity contribution in [2.24, 2.45) is 0 Å². The van der Waals surface area contributed by atoms with Gasteiger partial charge in [0.1, 0.15) is 0 Å². The van der Waals surface area contributed by atoms with Crippen LogP contribution in [0.1, 0.15) is 54.4 Å². The maximum Gasteiger partial charge on any atom is 0.322 e. The minimum Gasteiger partial charge on any atom is -0.467 e. The quantitative estimate of drug-likeness (QED) is 0.377. The van der Waals surface area contributed by atoms with Crippen LogP contribution in [-0.4, -0.2) is 69.3 Å². The second-order valence-corrected chi connectivity index (χ2v) is 6.91. The summed E-state index contributed by atoms with van der Waals surface area (Å²) in [5.74, 6) is 2.13. The van der Waals surface area contributed by atoms with Gasteiger partial charge in [0.2, 0.25) is 23.8 Å². The predicted molar refractivity (Wildman–Crippen MR) is 128 cm³/mol. The highest BCUT2D eigenvalue weighted by Gasteiger charge is 2.09. The second-order valence-electron chi connectivity index (χ2n) is 6.91. The molecule has 0 aliphatic heterocycles. The van der Waals surface area contributed by atoms with Crippen LogP contribution in [0.5, 0.6) is 12.0 Å². The number of anilines is 4. The molecule has 2 atom stereocenters. The zero-order chi connectivity index (χ0) is 23.9. The summed E-state index contributed by atoms with van der Waals surface area (Å²) in [5, 5.41) is 12.4. The van der Waals surface area contributed by atoms with Gasteiger partial charge in [-0.25, -0.2) is 0 Å². The van der Waals surface area contributed by atoms with E-state index in [0.717, 1.165) is 25.9 Å². The second kappa shape index (κ2) is 14.8. The molecule has 0 amide bonds. The van der Waals surface area contributed by atoms with E-state index in [-0.39, 0.29) is 0 Å². The Kier molecular flexibility index (Phi) is 12.4. The largest absolute Gasteiger partial charge is 0.467 e. The molecule has 0 aliphatic carbocycles. The summed E-state index contributed by atoms with van der Waals surface area (Å²) in [7, 11) is 3.08.